The van der Waals surface area contributed by atoms with E-state index in [0.717, 1.165) is 5.82 Å². The van der Waals surface area contributed by atoms with Crippen LogP contribution in [0.1, 0.15) is 10.4 Å². The summed E-state index contributed by atoms with van der Waals surface area (Å²) < 4.78 is 1.78. The summed E-state index contributed by atoms with van der Waals surface area (Å²) >= 11 is 0. The largest absolute Gasteiger partial charge is 0.340 e. The maximum absolute atomic E-state index is 11.9. The van der Waals surface area contributed by atoms with Crippen LogP contribution >= 0.6 is 0 Å². The van der Waals surface area contributed by atoms with E-state index in [1.165, 1.54) is 7.05 Å². The van der Waals surface area contributed by atoms with Crippen LogP contribution in [0.15, 0.2) is 37.1 Å². The quantitative estimate of drug-likeness (QED) is 0.810. The van der Waals surface area contributed by atoms with E-state index >= 15 is 0 Å². The van der Waals surface area contributed by atoms with Crippen LogP contribution in [0.5, 0.6) is 0 Å². The van der Waals surface area contributed by atoms with Crippen LogP contribution in [-0.4, -0.2) is 52.5 Å². The molecular formula is C13H20N6O. The van der Waals surface area contributed by atoms with E-state index in [-0.39, 0.29) is 5.91 Å². The number of rotatable bonds is 4. The third kappa shape index (κ3) is 3.87. The van der Waals surface area contributed by atoms with Crippen molar-refractivity contribution in [2.24, 2.45) is 11.5 Å². The first-order valence-corrected chi connectivity index (χ1v) is 6.20. The maximum atomic E-state index is 11.9. The number of hydrogen-bond donors (Lipinski definition) is 2. The molecule has 2 aromatic heterocycles. The summed E-state index contributed by atoms with van der Waals surface area (Å²) in [4.78, 5) is 21.7. The second-order valence-electron chi connectivity index (χ2n) is 3.89. The molecule has 0 radical (unpaired) electrons. The number of likely N-dealkylation sites (N-methyl/N-ethyl adjacent to an activating group) is 1. The molecule has 108 valence electrons. The van der Waals surface area contributed by atoms with Crippen molar-refractivity contribution >= 4 is 5.91 Å². The lowest BCUT2D eigenvalue weighted by Gasteiger charge is -2.15. The number of imidazole rings is 1. The molecule has 0 fully saturated rings. The highest BCUT2D eigenvalue weighted by atomic mass is 16.2. The number of carbonyl (C=O) groups excluding carboxylic acids is 1. The van der Waals surface area contributed by atoms with Gasteiger partial charge in [-0.05, 0) is 19.2 Å². The van der Waals surface area contributed by atoms with E-state index < -0.39 is 0 Å². The zero-order valence-corrected chi connectivity index (χ0v) is 11.7. The van der Waals surface area contributed by atoms with Crippen LogP contribution in [0.2, 0.25) is 0 Å². The fourth-order valence-electron chi connectivity index (χ4n) is 1.58. The number of hydrogen-bond acceptors (Lipinski definition) is 5. The predicted octanol–water partition coefficient (Wildman–Crippen LogP) is -0.127. The highest BCUT2D eigenvalue weighted by Gasteiger charge is 2.11. The average molecular weight is 276 g/mol. The molecule has 0 bridgehead atoms. The number of pyridine rings is 1. The zero-order valence-electron chi connectivity index (χ0n) is 11.7. The van der Waals surface area contributed by atoms with Crippen LogP contribution in [-0.2, 0) is 0 Å². The Morgan fingerprint density at radius 2 is 2.15 bits per heavy atom. The predicted molar refractivity (Wildman–Crippen MR) is 77.5 cm³/mol. The Morgan fingerprint density at radius 3 is 2.65 bits per heavy atom. The molecule has 1 amide bonds. The Labute approximate surface area is 118 Å². The molecule has 2 heterocycles. The molecule has 0 aliphatic rings. The van der Waals surface area contributed by atoms with E-state index in [4.69, 9.17) is 5.73 Å². The molecule has 20 heavy (non-hydrogen) atoms. The van der Waals surface area contributed by atoms with Crippen molar-refractivity contribution in [1.82, 2.24) is 19.4 Å². The lowest BCUT2D eigenvalue weighted by Crippen LogP contribution is -2.31. The first-order valence-electron chi connectivity index (χ1n) is 6.20. The second kappa shape index (κ2) is 8.03. The monoisotopic (exact) mass is 276 g/mol. The summed E-state index contributed by atoms with van der Waals surface area (Å²) in [5, 5.41) is 0. The average Bonchev–Trinajstić information content (AvgIpc) is 3.03. The van der Waals surface area contributed by atoms with Gasteiger partial charge in [-0.3, -0.25) is 9.36 Å². The molecule has 2 aromatic rings. The fraction of sp³-hybridized carbons (Fsp3) is 0.308. The summed E-state index contributed by atoms with van der Waals surface area (Å²) in [6.07, 6.45) is 6.69. The minimum atomic E-state index is -0.0786. The number of nitrogens with zero attached hydrogens (tertiary/aromatic N) is 4. The van der Waals surface area contributed by atoms with Crippen molar-refractivity contribution < 1.29 is 4.79 Å². The van der Waals surface area contributed by atoms with Gasteiger partial charge in [-0.25, -0.2) is 9.97 Å². The number of amides is 1. The molecule has 0 spiro atoms. The fourth-order valence-corrected chi connectivity index (χ4v) is 1.58. The molecule has 0 aromatic carbocycles. The standard InChI is InChI=1S/C12H15N5O.CH5N/c1-16(6-4-13)12(18)10-2-3-11(15-8-10)17-7-5-14-9-17;1-2/h2-3,5,7-9H,4,6,13H2,1H3;2H2,1H3. The molecular weight excluding hydrogens is 256 g/mol. The number of aromatic nitrogens is 3. The molecule has 7 heteroatoms. The van der Waals surface area contributed by atoms with Gasteiger partial charge in [-0.1, -0.05) is 0 Å². The molecule has 0 saturated carbocycles. The minimum Gasteiger partial charge on any atom is -0.340 e. The van der Waals surface area contributed by atoms with Gasteiger partial charge in [0.1, 0.15) is 12.1 Å². The summed E-state index contributed by atoms with van der Waals surface area (Å²) in [5.74, 6) is 0.649. The van der Waals surface area contributed by atoms with Crippen LogP contribution in [0.3, 0.4) is 0 Å². The van der Waals surface area contributed by atoms with E-state index in [1.54, 1.807) is 53.6 Å². The van der Waals surface area contributed by atoms with E-state index in [2.05, 4.69) is 15.7 Å². The smallest absolute Gasteiger partial charge is 0.255 e. The molecule has 0 unspecified atom stereocenters. The van der Waals surface area contributed by atoms with Gasteiger partial charge < -0.3 is 16.4 Å². The number of nitrogens with two attached hydrogens (primary N) is 2. The molecule has 4 N–H and O–H groups in total. The summed E-state index contributed by atoms with van der Waals surface area (Å²) in [6.45, 7) is 0.977. The van der Waals surface area contributed by atoms with Gasteiger partial charge >= 0.3 is 0 Å². The van der Waals surface area contributed by atoms with Crippen LogP contribution in [0.25, 0.3) is 5.82 Å². The highest BCUT2D eigenvalue weighted by molar-refractivity contribution is 5.93. The van der Waals surface area contributed by atoms with Crippen LogP contribution in [0.4, 0.5) is 0 Å². The van der Waals surface area contributed by atoms with Crippen LogP contribution in [0, 0.1) is 0 Å². The zero-order chi connectivity index (χ0) is 15.0. The summed E-state index contributed by atoms with van der Waals surface area (Å²) in [5.41, 5.74) is 10.5. The lowest BCUT2D eigenvalue weighted by atomic mass is 10.2. The molecule has 0 atom stereocenters. The van der Waals surface area contributed by atoms with Crippen molar-refractivity contribution in [3.63, 3.8) is 0 Å². The van der Waals surface area contributed by atoms with Gasteiger partial charge in [-0.15, -0.1) is 0 Å². The van der Waals surface area contributed by atoms with Gasteiger partial charge in [0.15, 0.2) is 0 Å². The highest BCUT2D eigenvalue weighted by Crippen LogP contribution is 2.07. The SMILES string of the molecule is CN.CN(CCN)C(=O)c1ccc(-n2ccnc2)nc1. The Morgan fingerprint density at radius 1 is 1.40 bits per heavy atom. The van der Waals surface area contributed by atoms with E-state index in [0.29, 0.717) is 18.7 Å². The van der Waals surface area contributed by atoms with Crippen molar-refractivity contribution in [3.05, 3.63) is 42.6 Å². The van der Waals surface area contributed by atoms with Crippen molar-refractivity contribution in [2.45, 2.75) is 0 Å². The van der Waals surface area contributed by atoms with Gasteiger partial charge in [0.25, 0.3) is 5.91 Å². The Balaban J connectivity index is 0.000000956. The van der Waals surface area contributed by atoms with E-state index in [1.807, 2.05) is 0 Å². The maximum Gasteiger partial charge on any atom is 0.255 e. The summed E-state index contributed by atoms with van der Waals surface area (Å²) in [6, 6.07) is 3.53. The van der Waals surface area contributed by atoms with Gasteiger partial charge in [0, 0.05) is 38.7 Å². The third-order valence-electron chi connectivity index (χ3n) is 2.57. The van der Waals surface area contributed by atoms with Crippen molar-refractivity contribution in [3.8, 4) is 5.82 Å². The van der Waals surface area contributed by atoms with Gasteiger partial charge in [-0.2, -0.15) is 0 Å². The number of carbonyl (C=O) groups is 1. The molecule has 2 rings (SSSR count). The minimum absolute atomic E-state index is 0.0786. The Hall–Kier alpha value is -2.25. The molecule has 0 aliphatic heterocycles. The Bertz CT molecular complexity index is 508. The van der Waals surface area contributed by atoms with Gasteiger partial charge in [0.05, 0.1) is 5.56 Å². The first kappa shape index (κ1) is 15.8. The van der Waals surface area contributed by atoms with Crippen molar-refractivity contribution in [2.75, 3.05) is 27.2 Å². The Kier molecular flexibility index (Phi) is 6.34. The molecule has 0 saturated heterocycles. The first-order chi connectivity index (χ1) is 9.72. The normalized spacial score (nSPS) is 9.60. The van der Waals surface area contributed by atoms with Crippen molar-refractivity contribution in [1.29, 1.82) is 0 Å². The molecule has 0 aliphatic carbocycles. The van der Waals surface area contributed by atoms with E-state index in [9.17, 15) is 4.79 Å². The topological polar surface area (TPSA) is 103 Å². The van der Waals surface area contributed by atoms with Crippen LogP contribution < -0.4 is 11.5 Å². The lowest BCUT2D eigenvalue weighted by molar-refractivity contribution is 0.0798. The summed E-state index contributed by atoms with van der Waals surface area (Å²) in [7, 11) is 3.22. The molecule has 7 nitrogen and oxygen atoms in total. The van der Waals surface area contributed by atoms with Gasteiger partial charge in [0.2, 0.25) is 0 Å². The third-order valence-corrected chi connectivity index (χ3v) is 2.57. The second-order valence-corrected chi connectivity index (χ2v) is 3.89.